The Hall–Kier alpha value is -5.00. The SMILES string of the molecule is NN(C(=O)c1cccc(C(=O)Nc2ccc(-c3ccccc3)cc2)c1)c1ccc(-c2ccccc2)cc1. The third kappa shape index (κ3) is 5.48. The number of nitrogens with two attached hydrogens (primary N) is 1. The van der Waals surface area contributed by atoms with E-state index in [-0.39, 0.29) is 5.91 Å². The molecule has 0 fully saturated rings. The van der Waals surface area contributed by atoms with E-state index in [0.717, 1.165) is 27.3 Å². The standard InChI is InChI=1S/C32H25N3O2/c33-35(30-20-16-26(17-21-30)24-10-5-2-6-11-24)32(37)28-13-7-12-27(22-28)31(36)34-29-18-14-25(15-19-29)23-8-3-1-4-9-23/h1-22H,33H2,(H,34,36). The van der Waals surface area contributed by atoms with E-state index in [1.54, 1.807) is 36.4 Å². The summed E-state index contributed by atoms with van der Waals surface area (Å²) in [4.78, 5) is 26.0. The third-order valence-electron chi connectivity index (χ3n) is 6.09. The molecular weight excluding hydrogens is 458 g/mol. The van der Waals surface area contributed by atoms with Crippen LogP contribution in [0, 0.1) is 0 Å². The first kappa shape index (κ1) is 23.7. The molecular formula is C32H25N3O2. The Labute approximate surface area is 215 Å². The number of nitrogens with one attached hydrogen (secondary N) is 1. The lowest BCUT2D eigenvalue weighted by Crippen LogP contribution is -2.37. The van der Waals surface area contributed by atoms with Gasteiger partial charge in [-0.1, -0.05) is 91.0 Å². The molecule has 5 rings (SSSR count). The summed E-state index contributed by atoms with van der Waals surface area (Å²) in [5, 5.41) is 3.98. The molecule has 37 heavy (non-hydrogen) atoms. The lowest BCUT2D eigenvalue weighted by Gasteiger charge is -2.17. The summed E-state index contributed by atoms with van der Waals surface area (Å²) < 4.78 is 0. The highest BCUT2D eigenvalue weighted by Crippen LogP contribution is 2.24. The Morgan fingerprint density at radius 2 is 1.03 bits per heavy atom. The van der Waals surface area contributed by atoms with Crippen LogP contribution < -0.4 is 16.2 Å². The summed E-state index contributed by atoms with van der Waals surface area (Å²) in [6.45, 7) is 0. The highest BCUT2D eigenvalue weighted by Gasteiger charge is 2.17. The van der Waals surface area contributed by atoms with E-state index in [2.05, 4.69) is 5.32 Å². The molecule has 0 aliphatic rings. The van der Waals surface area contributed by atoms with Crippen molar-refractivity contribution in [3.05, 3.63) is 145 Å². The predicted octanol–water partition coefficient (Wildman–Crippen LogP) is 6.79. The number of rotatable bonds is 6. The maximum atomic E-state index is 13.1. The van der Waals surface area contributed by atoms with E-state index in [1.165, 1.54) is 0 Å². The van der Waals surface area contributed by atoms with Crippen LogP contribution in [0.1, 0.15) is 20.7 Å². The summed E-state index contributed by atoms with van der Waals surface area (Å²) in [7, 11) is 0. The van der Waals surface area contributed by atoms with Crippen molar-refractivity contribution in [3.63, 3.8) is 0 Å². The molecule has 0 aliphatic carbocycles. The van der Waals surface area contributed by atoms with Gasteiger partial charge in [-0.05, 0) is 64.7 Å². The Morgan fingerprint density at radius 1 is 0.541 bits per heavy atom. The molecule has 0 atom stereocenters. The van der Waals surface area contributed by atoms with Crippen molar-refractivity contribution in [1.82, 2.24) is 0 Å². The smallest absolute Gasteiger partial charge is 0.272 e. The lowest BCUT2D eigenvalue weighted by molar-refractivity contribution is 0.0987. The molecule has 0 unspecified atom stereocenters. The fourth-order valence-electron chi connectivity index (χ4n) is 4.07. The van der Waals surface area contributed by atoms with E-state index >= 15 is 0 Å². The zero-order chi connectivity index (χ0) is 25.6. The highest BCUT2D eigenvalue weighted by atomic mass is 16.2. The number of amides is 2. The summed E-state index contributed by atoms with van der Waals surface area (Å²) in [5.74, 6) is 5.44. The maximum absolute atomic E-state index is 13.1. The van der Waals surface area contributed by atoms with Gasteiger partial charge in [0.15, 0.2) is 0 Å². The molecule has 3 N–H and O–H groups in total. The summed E-state index contributed by atoms with van der Waals surface area (Å²) in [5.41, 5.74) is 6.18. The fraction of sp³-hybridized carbons (Fsp3) is 0. The van der Waals surface area contributed by atoms with Gasteiger partial charge in [-0.25, -0.2) is 10.9 Å². The summed E-state index contributed by atoms with van der Waals surface area (Å²) in [6.07, 6.45) is 0. The van der Waals surface area contributed by atoms with Gasteiger partial charge in [0.2, 0.25) is 0 Å². The number of benzene rings is 5. The van der Waals surface area contributed by atoms with Gasteiger partial charge in [0, 0.05) is 16.8 Å². The number of hydrogen-bond acceptors (Lipinski definition) is 3. The topological polar surface area (TPSA) is 75.4 Å². The largest absolute Gasteiger partial charge is 0.322 e. The van der Waals surface area contributed by atoms with E-state index in [0.29, 0.717) is 22.5 Å². The quantitative estimate of drug-likeness (QED) is 0.159. The Balaban J connectivity index is 1.27. The van der Waals surface area contributed by atoms with Crippen LogP contribution >= 0.6 is 0 Å². The van der Waals surface area contributed by atoms with Crippen LogP contribution in [0.4, 0.5) is 11.4 Å². The third-order valence-corrected chi connectivity index (χ3v) is 6.09. The zero-order valence-electron chi connectivity index (χ0n) is 20.0. The number of hydrazine groups is 1. The second-order valence-electron chi connectivity index (χ2n) is 8.57. The molecule has 5 aromatic carbocycles. The fourth-order valence-corrected chi connectivity index (χ4v) is 4.07. The van der Waals surface area contributed by atoms with E-state index in [4.69, 9.17) is 5.84 Å². The van der Waals surface area contributed by atoms with Crippen LogP contribution in [0.3, 0.4) is 0 Å². The second kappa shape index (κ2) is 10.7. The van der Waals surface area contributed by atoms with Crippen LogP contribution in [-0.4, -0.2) is 11.8 Å². The Bertz CT molecular complexity index is 1510. The van der Waals surface area contributed by atoms with Crippen LogP contribution in [0.15, 0.2) is 133 Å². The van der Waals surface area contributed by atoms with Crippen molar-refractivity contribution in [3.8, 4) is 22.3 Å². The van der Waals surface area contributed by atoms with Crippen molar-refractivity contribution in [1.29, 1.82) is 0 Å². The number of nitrogens with zero attached hydrogens (tertiary/aromatic N) is 1. The normalized spacial score (nSPS) is 10.5. The average Bonchev–Trinajstić information content (AvgIpc) is 2.98. The number of carbonyl (C=O) groups is 2. The maximum Gasteiger partial charge on any atom is 0.272 e. The van der Waals surface area contributed by atoms with Crippen molar-refractivity contribution in [2.75, 3.05) is 10.3 Å². The predicted molar refractivity (Wildman–Crippen MR) is 149 cm³/mol. The number of carbonyl (C=O) groups excluding carboxylic acids is 2. The molecule has 5 nitrogen and oxygen atoms in total. The summed E-state index contributed by atoms with van der Waals surface area (Å²) in [6, 6.07) is 41.6. The van der Waals surface area contributed by atoms with Crippen molar-refractivity contribution < 1.29 is 9.59 Å². The van der Waals surface area contributed by atoms with Gasteiger partial charge >= 0.3 is 0 Å². The Kier molecular flexibility index (Phi) is 6.88. The zero-order valence-corrected chi connectivity index (χ0v) is 20.0. The molecule has 5 heteroatoms. The highest BCUT2D eigenvalue weighted by molar-refractivity contribution is 6.09. The molecule has 180 valence electrons. The molecule has 0 spiro atoms. The van der Waals surface area contributed by atoms with Gasteiger partial charge in [0.25, 0.3) is 11.8 Å². The molecule has 0 saturated carbocycles. The molecule has 5 aromatic rings. The first-order valence-corrected chi connectivity index (χ1v) is 11.9. The van der Waals surface area contributed by atoms with Gasteiger partial charge in [0.1, 0.15) is 0 Å². The van der Waals surface area contributed by atoms with Gasteiger partial charge in [-0.3, -0.25) is 9.59 Å². The minimum absolute atomic E-state index is 0.308. The van der Waals surface area contributed by atoms with Crippen molar-refractivity contribution in [2.24, 2.45) is 5.84 Å². The van der Waals surface area contributed by atoms with Gasteiger partial charge < -0.3 is 5.32 Å². The molecule has 0 aliphatic heterocycles. The van der Waals surface area contributed by atoms with Gasteiger partial charge in [-0.15, -0.1) is 0 Å². The van der Waals surface area contributed by atoms with E-state index in [9.17, 15) is 9.59 Å². The van der Waals surface area contributed by atoms with Crippen molar-refractivity contribution >= 4 is 23.2 Å². The monoisotopic (exact) mass is 483 g/mol. The number of anilines is 2. The first-order chi connectivity index (χ1) is 18.1. The second-order valence-corrected chi connectivity index (χ2v) is 8.57. The van der Waals surface area contributed by atoms with Crippen LogP contribution in [0.5, 0.6) is 0 Å². The van der Waals surface area contributed by atoms with Crippen molar-refractivity contribution in [2.45, 2.75) is 0 Å². The molecule has 0 saturated heterocycles. The molecule has 0 bridgehead atoms. The minimum atomic E-state index is -0.408. The minimum Gasteiger partial charge on any atom is -0.322 e. The molecule has 0 heterocycles. The van der Waals surface area contributed by atoms with Crippen LogP contribution in [0.2, 0.25) is 0 Å². The molecule has 0 radical (unpaired) electrons. The lowest BCUT2D eigenvalue weighted by atomic mass is 10.0. The van der Waals surface area contributed by atoms with E-state index < -0.39 is 5.91 Å². The van der Waals surface area contributed by atoms with Crippen LogP contribution in [-0.2, 0) is 0 Å². The molecule has 2 amide bonds. The summed E-state index contributed by atoms with van der Waals surface area (Å²) >= 11 is 0. The van der Waals surface area contributed by atoms with Gasteiger partial charge in [-0.2, -0.15) is 0 Å². The first-order valence-electron chi connectivity index (χ1n) is 11.9. The average molecular weight is 484 g/mol. The van der Waals surface area contributed by atoms with E-state index in [1.807, 2.05) is 97.1 Å². The molecule has 0 aromatic heterocycles. The van der Waals surface area contributed by atoms with Crippen LogP contribution in [0.25, 0.3) is 22.3 Å². The number of hydrogen-bond donors (Lipinski definition) is 2. The Morgan fingerprint density at radius 3 is 1.59 bits per heavy atom. The van der Waals surface area contributed by atoms with Gasteiger partial charge in [0.05, 0.1) is 5.69 Å².